The molecule has 2 heterocycles. The minimum Gasteiger partial charge on any atom is -0.444 e. The van der Waals surface area contributed by atoms with Crippen molar-refractivity contribution in [2.45, 2.75) is 45.3 Å². The third-order valence-electron chi connectivity index (χ3n) is 4.68. The molecule has 1 aromatic heterocycles. The van der Waals surface area contributed by atoms with Crippen LogP contribution in [0.3, 0.4) is 0 Å². The lowest BCUT2D eigenvalue weighted by Gasteiger charge is -2.23. The molecule has 1 atom stereocenters. The first-order valence-electron chi connectivity index (χ1n) is 9.86. The van der Waals surface area contributed by atoms with E-state index in [0.29, 0.717) is 0 Å². The van der Waals surface area contributed by atoms with Crippen LogP contribution in [0.15, 0.2) is 35.3 Å². The minimum atomic E-state index is -0.484. The van der Waals surface area contributed by atoms with Crippen molar-refractivity contribution < 1.29 is 9.53 Å². The van der Waals surface area contributed by atoms with Crippen molar-refractivity contribution in [3.63, 3.8) is 0 Å². The number of halogens is 1. The summed E-state index contributed by atoms with van der Waals surface area (Å²) in [6.07, 6.45) is 1.41. The number of aliphatic imine (C=N–C) groups is 1. The zero-order valence-electron chi connectivity index (χ0n) is 17.6. The van der Waals surface area contributed by atoms with Crippen molar-refractivity contribution in [3.8, 4) is 0 Å². The minimum absolute atomic E-state index is 0. The lowest BCUT2D eigenvalue weighted by Crippen LogP contribution is -2.44. The summed E-state index contributed by atoms with van der Waals surface area (Å²) in [6, 6.07) is 10.6. The Bertz CT molecular complexity index is 810. The van der Waals surface area contributed by atoms with Crippen LogP contribution in [0, 0.1) is 0 Å². The number of carbonyl (C=O) groups is 1. The maximum absolute atomic E-state index is 12.0. The third kappa shape index (κ3) is 6.80. The predicted molar refractivity (Wildman–Crippen MR) is 128 cm³/mol. The van der Waals surface area contributed by atoms with Gasteiger partial charge in [-0.25, -0.2) is 4.79 Å². The van der Waals surface area contributed by atoms with Gasteiger partial charge in [0.05, 0.1) is 6.04 Å². The van der Waals surface area contributed by atoms with Crippen LogP contribution in [0.2, 0.25) is 0 Å². The number of amides is 1. The molecule has 0 spiro atoms. The fourth-order valence-corrected chi connectivity index (χ4v) is 3.45. The second-order valence-electron chi connectivity index (χ2n) is 8.18. The molecule has 2 aromatic rings. The van der Waals surface area contributed by atoms with Gasteiger partial charge in [-0.1, -0.05) is 18.2 Å². The van der Waals surface area contributed by atoms with E-state index in [4.69, 9.17) is 4.74 Å². The molecular weight excluding hydrogens is 481 g/mol. The number of carbonyl (C=O) groups excluding carboxylic acids is 1. The van der Waals surface area contributed by atoms with E-state index >= 15 is 0 Å². The Hall–Kier alpha value is -1.97. The average Bonchev–Trinajstić information content (AvgIpc) is 3.23. The molecule has 1 amide bonds. The molecule has 0 radical (unpaired) electrons. The number of H-pyrrole nitrogens is 1. The average molecular weight is 513 g/mol. The maximum atomic E-state index is 12.0. The van der Waals surface area contributed by atoms with Crippen LogP contribution in [0.4, 0.5) is 4.79 Å². The van der Waals surface area contributed by atoms with Crippen molar-refractivity contribution in [2.75, 3.05) is 26.7 Å². The van der Waals surface area contributed by atoms with Crippen molar-refractivity contribution in [1.82, 2.24) is 20.5 Å². The van der Waals surface area contributed by atoms with E-state index in [1.54, 1.807) is 7.05 Å². The quantitative estimate of drug-likeness (QED) is 0.332. The molecule has 7 nitrogen and oxygen atoms in total. The Kier molecular flexibility index (Phi) is 8.18. The zero-order valence-corrected chi connectivity index (χ0v) is 19.9. The maximum Gasteiger partial charge on any atom is 0.407 e. The number of guanidine groups is 1. The van der Waals surface area contributed by atoms with Crippen LogP contribution in [-0.2, 0) is 11.2 Å². The SMILES string of the molecule is CN=C(NCCc1cc2ccccc2[nH]1)N1CC[C@@H](NC(=O)OC(C)(C)C)C1.I. The topological polar surface area (TPSA) is 81.8 Å². The molecule has 0 unspecified atom stereocenters. The van der Waals surface area contributed by atoms with E-state index in [-0.39, 0.29) is 36.1 Å². The van der Waals surface area contributed by atoms with Gasteiger partial charge in [-0.15, -0.1) is 24.0 Å². The molecule has 1 aliphatic heterocycles. The highest BCUT2D eigenvalue weighted by Crippen LogP contribution is 2.15. The second kappa shape index (κ2) is 10.2. The van der Waals surface area contributed by atoms with Gasteiger partial charge in [0.15, 0.2) is 5.96 Å². The van der Waals surface area contributed by atoms with Gasteiger partial charge in [0.1, 0.15) is 5.60 Å². The number of aromatic nitrogens is 1. The number of likely N-dealkylation sites (tertiary alicyclic amines) is 1. The van der Waals surface area contributed by atoms with Gasteiger partial charge < -0.3 is 25.3 Å². The van der Waals surface area contributed by atoms with Gasteiger partial charge in [0.25, 0.3) is 0 Å². The van der Waals surface area contributed by atoms with Crippen LogP contribution in [0.5, 0.6) is 0 Å². The van der Waals surface area contributed by atoms with E-state index < -0.39 is 5.60 Å². The van der Waals surface area contributed by atoms with Gasteiger partial charge in [-0.3, -0.25) is 4.99 Å². The number of para-hydroxylation sites is 1. The Balaban J connectivity index is 0.00000300. The number of alkyl carbamates (subject to hydrolysis) is 1. The highest BCUT2D eigenvalue weighted by molar-refractivity contribution is 14.0. The first kappa shape index (κ1) is 23.3. The smallest absolute Gasteiger partial charge is 0.407 e. The second-order valence-corrected chi connectivity index (χ2v) is 8.18. The number of rotatable bonds is 4. The fraction of sp³-hybridized carbons (Fsp3) is 0.524. The normalized spacial score (nSPS) is 17.2. The predicted octanol–water partition coefficient (Wildman–Crippen LogP) is 3.50. The van der Waals surface area contributed by atoms with E-state index in [1.165, 1.54) is 11.1 Å². The van der Waals surface area contributed by atoms with Crippen LogP contribution < -0.4 is 10.6 Å². The van der Waals surface area contributed by atoms with Crippen LogP contribution >= 0.6 is 24.0 Å². The Morgan fingerprint density at radius 2 is 2.10 bits per heavy atom. The summed E-state index contributed by atoms with van der Waals surface area (Å²) in [4.78, 5) is 22.0. The van der Waals surface area contributed by atoms with Crippen molar-refractivity contribution in [3.05, 3.63) is 36.0 Å². The summed E-state index contributed by atoms with van der Waals surface area (Å²) in [5.41, 5.74) is 1.88. The van der Waals surface area contributed by atoms with Gasteiger partial charge in [-0.05, 0) is 44.7 Å². The van der Waals surface area contributed by atoms with E-state index in [1.807, 2.05) is 26.8 Å². The lowest BCUT2D eigenvalue weighted by molar-refractivity contribution is 0.0507. The van der Waals surface area contributed by atoms with E-state index in [0.717, 1.165) is 44.0 Å². The van der Waals surface area contributed by atoms with Crippen LogP contribution in [-0.4, -0.2) is 60.3 Å². The van der Waals surface area contributed by atoms with Crippen molar-refractivity contribution >= 4 is 46.9 Å². The molecule has 8 heteroatoms. The number of hydrogen-bond acceptors (Lipinski definition) is 3. The van der Waals surface area contributed by atoms with E-state index in [9.17, 15) is 4.79 Å². The standard InChI is InChI=1S/C21H31N5O2.HI/c1-21(2,3)28-20(27)25-17-10-12-26(14-17)19(22-4)23-11-9-16-13-15-7-5-6-8-18(15)24-16;/h5-8,13,17,24H,9-12,14H2,1-4H3,(H,22,23)(H,25,27);1H/t17-;/m1./s1. The van der Waals surface area contributed by atoms with E-state index in [2.05, 4.69) is 49.8 Å². The molecule has 29 heavy (non-hydrogen) atoms. The number of benzene rings is 1. The first-order chi connectivity index (χ1) is 13.3. The Labute approximate surface area is 189 Å². The molecule has 0 saturated carbocycles. The molecule has 160 valence electrons. The van der Waals surface area contributed by atoms with Gasteiger partial charge >= 0.3 is 6.09 Å². The van der Waals surface area contributed by atoms with Crippen LogP contribution in [0.1, 0.15) is 32.9 Å². The molecular formula is C21H32IN5O2. The fourth-order valence-electron chi connectivity index (χ4n) is 3.45. The summed E-state index contributed by atoms with van der Waals surface area (Å²) in [5.74, 6) is 0.865. The number of nitrogens with one attached hydrogen (secondary N) is 3. The highest BCUT2D eigenvalue weighted by atomic mass is 127. The summed E-state index contributed by atoms with van der Waals surface area (Å²) in [6.45, 7) is 7.98. The first-order valence-corrected chi connectivity index (χ1v) is 9.86. The van der Waals surface area contributed by atoms with Crippen LogP contribution in [0.25, 0.3) is 10.9 Å². The molecule has 1 aromatic carbocycles. The third-order valence-corrected chi connectivity index (χ3v) is 4.68. The number of hydrogen-bond donors (Lipinski definition) is 3. The highest BCUT2D eigenvalue weighted by Gasteiger charge is 2.27. The largest absolute Gasteiger partial charge is 0.444 e. The molecule has 0 aliphatic carbocycles. The molecule has 1 fully saturated rings. The molecule has 1 aliphatic rings. The Morgan fingerprint density at radius 3 is 2.79 bits per heavy atom. The zero-order chi connectivity index (χ0) is 20.1. The monoisotopic (exact) mass is 513 g/mol. The number of fused-ring (bicyclic) bond motifs is 1. The molecule has 0 bridgehead atoms. The van der Waals surface area contributed by atoms with Gasteiger partial charge in [0, 0.05) is 44.3 Å². The number of nitrogens with zero attached hydrogens (tertiary/aromatic N) is 2. The van der Waals surface area contributed by atoms with Crippen molar-refractivity contribution in [2.24, 2.45) is 4.99 Å². The summed E-state index contributed by atoms with van der Waals surface area (Å²) in [5, 5.41) is 7.61. The van der Waals surface area contributed by atoms with Gasteiger partial charge in [-0.2, -0.15) is 0 Å². The molecule has 3 rings (SSSR count). The van der Waals surface area contributed by atoms with Gasteiger partial charge in [0.2, 0.25) is 0 Å². The summed E-state index contributed by atoms with van der Waals surface area (Å²) < 4.78 is 5.34. The summed E-state index contributed by atoms with van der Waals surface area (Å²) in [7, 11) is 1.79. The Morgan fingerprint density at radius 1 is 1.34 bits per heavy atom. The molecule has 3 N–H and O–H groups in total. The molecule has 1 saturated heterocycles. The summed E-state index contributed by atoms with van der Waals surface area (Å²) >= 11 is 0. The number of aromatic amines is 1. The number of ether oxygens (including phenoxy) is 1. The lowest BCUT2D eigenvalue weighted by atomic mass is 10.2. The van der Waals surface area contributed by atoms with Crippen molar-refractivity contribution in [1.29, 1.82) is 0 Å².